The third-order valence-electron chi connectivity index (χ3n) is 5.41. The highest BCUT2D eigenvalue weighted by atomic mass is 19.1. The number of amides is 2. The highest BCUT2D eigenvalue weighted by Crippen LogP contribution is 2.34. The first kappa shape index (κ1) is 20.7. The summed E-state index contributed by atoms with van der Waals surface area (Å²) in [7, 11) is 3.29. The number of anilines is 1. The first-order valence-electron chi connectivity index (χ1n) is 10.1. The Morgan fingerprint density at radius 1 is 1.03 bits per heavy atom. The zero-order valence-electron chi connectivity index (χ0n) is 18.2. The number of aryl methyl sites for hydroxylation is 1. The number of nitrogens with zero attached hydrogens (tertiary/aromatic N) is 3. The molecule has 31 heavy (non-hydrogen) atoms. The fourth-order valence-electron chi connectivity index (χ4n) is 3.94. The Kier molecular flexibility index (Phi) is 5.05. The van der Waals surface area contributed by atoms with E-state index in [1.54, 1.807) is 39.2 Å². The van der Waals surface area contributed by atoms with E-state index in [4.69, 9.17) is 0 Å². The molecule has 6 nitrogen and oxygen atoms in total. The van der Waals surface area contributed by atoms with E-state index < -0.39 is 11.7 Å². The lowest BCUT2D eigenvalue weighted by atomic mass is 10.2. The van der Waals surface area contributed by atoms with Crippen molar-refractivity contribution in [2.24, 2.45) is 0 Å². The van der Waals surface area contributed by atoms with E-state index in [0.717, 1.165) is 16.4 Å². The molecule has 2 amide bonds. The van der Waals surface area contributed by atoms with Gasteiger partial charge in [0.1, 0.15) is 11.5 Å². The molecule has 0 aliphatic carbocycles. The fourth-order valence-corrected chi connectivity index (χ4v) is 3.94. The fraction of sp³-hybridized carbons (Fsp3) is 0.250. The maximum Gasteiger partial charge on any atom is 0.328 e. The van der Waals surface area contributed by atoms with E-state index in [9.17, 15) is 14.0 Å². The van der Waals surface area contributed by atoms with Crippen molar-refractivity contribution in [2.75, 3.05) is 19.4 Å². The molecule has 0 spiro atoms. The lowest BCUT2D eigenvalue weighted by Crippen LogP contribution is -2.30. The summed E-state index contributed by atoms with van der Waals surface area (Å²) in [6.07, 6.45) is 0. The summed E-state index contributed by atoms with van der Waals surface area (Å²) in [6, 6.07) is 13.9. The number of para-hydroxylation sites is 1. The zero-order valence-corrected chi connectivity index (χ0v) is 18.2. The van der Waals surface area contributed by atoms with Gasteiger partial charge in [-0.2, -0.15) is 0 Å². The lowest BCUT2D eigenvalue weighted by Gasteiger charge is -2.15. The number of hydrogen-bond acceptors (Lipinski definition) is 2. The average Bonchev–Trinajstić information content (AvgIpc) is 3.24. The van der Waals surface area contributed by atoms with Crippen LogP contribution in [-0.4, -0.2) is 40.1 Å². The van der Waals surface area contributed by atoms with Crippen LogP contribution in [0.2, 0.25) is 0 Å². The Bertz CT molecular complexity index is 1330. The van der Waals surface area contributed by atoms with Gasteiger partial charge in [0, 0.05) is 31.2 Å². The summed E-state index contributed by atoms with van der Waals surface area (Å²) >= 11 is 0. The topological polar surface area (TPSA) is 59.3 Å². The SMILES string of the molecule is Cc1ccc(NC(=O)c2cc3c(c4ccccc4n3C(C)C)n2C(=O)N(C)C)cc1F. The number of carbonyl (C=O) groups is 2. The van der Waals surface area contributed by atoms with Gasteiger partial charge in [-0.15, -0.1) is 0 Å². The van der Waals surface area contributed by atoms with Crippen LogP contribution in [0, 0.1) is 12.7 Å². The molecule has 0 bridgehead atoms. The molecule has 7 heteroatoms. The van der Waals surface area contributed by atoms with Gasteiger partial charge in [0.15, 0.2) is 0 Å². The number of carbonyl (C=O) groups excluding carboxylic acids is 2. The molecule has 0 fully saturated rings. The molecular weight excluding hydrogens is 395 g/mol. The Morgan fingerprint density at radius 3 is 2.39 bits per heavy atom. The van der Waals surface area contributed by atoms with Gasteiger partial charge in [-0.05, 0) is 50.6 Å². The van der Waals surface area contributed by atoms with E-state index >= 15 is 0 Å². The standard InChI is InChI=1S/C24H25FN4O2/c1-14(2)28-19-9-7-6-8-17(19)22-20(28)13-21(29(22)24(31)27(4)5)23(30)26-16-11-10-15(3)18(25)12-16/h6-14H,1-5H3,(H,26,30). The minimum Gasteiger partial charge on any atom is -0.337 e. The monoisotopic (exact) mass is 420 g/mol. The van der Waals surface area contributed by atoms with Crippen molar-refractivity contribution in [2.45, 2.75) is 26.8 Å². The molecule has 0 atom stereocenters. The van der Waals surface area contributed by atoms with E-state index in [-0.39, 0.29) is 17.8 Å². The number of rotatable bonds is 3. The number of benzene rings is 2. The molecular formula is C24H25FN4O2. The highest BCUT2D eigenvalue weighted by molar-refractivity contribution is 6.16. The van der Waals surface area contributed by atoms with Gasteiger partial charge in [-0.1, -0.05) is 24.3 Å². The van der Waals surface area contributed by atoms with E-state index in [1.165, 1.54) is 15.5 Å². The maximum atomic E-state index is 14.0. The van der Waals surface area contributed by atoms with Crippen LogP contribution in [0.3, 0.4) is 0 Å². The zero-order chi connectivity index (χ0) is 22.4. The van der Waals surface area contributed by atoms with Crippen LogP contribution in [0.1, 0.15) is 35.9 Å². The van der Waals surface area contributed by atoms with Gasteiger partial charge < -0.3 is 14.8 Å². The summed E-state index contributed by atoms with van der Waals surface area (Å²) in [6.45, 7) is 5.78. The first-order chi connectivity index (χ1) is 14.7. The third-order valence-corrected chi connectivity index (χ3v) is 5.41. The summed E-state index contributed by atoms with van der Waals surface area (Å²) in [5, 5.41) is 3.62. The van der Waals surface area contributed by atoms with Crippen molar-refractivity contribution in [3.63, 3.8) is 0 Å². The van der Waals surface area contributed by atoms with E-state index in [0.29, 0.717) is 16.8 Å². The van der Waals surface area contributed by atoms with Crippen LogP contribution in [-0.2, 0) is 0 Å². The second-order valence-corrected chi connectivity index (χ2v) is 8.17. The molecule has 0 saturated carbocycles. The molecule has 1 N–H and O–H groups in total. The molecule has 0 aliphatic rings. The summed E-state index contributed by atoms with van der Waals surface area (Å²) in [5.41, 5.74) is 3.50. The van der Waals surface area contributed by atoms with Crippen molar-refractivity contribution >= 4 is 39.6 Å². The summed E-state index contributed by atoms with van der Waals surface area (Å²) in [5.74, 6) is -0.881. The normalized spacial score (nSPS) is 11.5. The number of hydrogen-bond donors (Lipinski definition) is 1. The van der Waals surface area contributed by atoms with Crippen molar-refractivity contribution < 1.29 is 14.0 Å². The van der Waals surface area contributed by atoms with Gasteiger partial charge in [-0.3, -0.25) is 9.36 Å². The van der Waals surface area contributed by atoms with Crippen LogP contribution in [0.25, 0.3) is 21.9 Å². The van der Waals surface area contributed by atoms with E-state index in [2.05, 4.69) is 23.7 Å². The Labute approximate surface area is 179 Å². The van der Waals surface area contributed by atoms with Crippen LogP contribution < -0.4 is 5.32 Å². The minimum atomic E-state index is -0.478. The molecule has 2 aromatic heterocycles. The van der Waals surface area contributed by atoms with Gasteiger partial charge >= 0.3 is 6.03 Å². The van der Waals surface area contributed by atoms with Crippen molar-refractivity contribution in [1.82, 2.24) is 14.0 Å². The molecule has 0 saturated heterocycles. The van der Waals surface area contributed by atoms with Crippen molar-refractivity contribution in [1.29, 1.82) is 0 Å². The highest BCUT2D eigenvalue weighted by Gasteiger charge is 2.27. The molecule has 2 aromatic carbocycles. The maximum absolute atomic E-state index is 14.0. The number of aromatic nitrogens is 2. The second kappa shape index (κ2) is 7.58. The number of fused-ring (bicyclic) bond motifs is 3. The molecule has 4 aromatic rings. The van der Waals surface area contributed by atoms with Crippen molar-refractivity contribution in [3.05, 3.63) is 65.6 Å². The third kappa shape index (κ3) is 3.36. The Morgan fingerprint density at radius 2 is 1.74 bits per heavy atom. The van der Waals surface area contributed by atoms with Gasteiger partial charge in [0.25, 0.3) is 5.91 Å². The van der Waals surface area contributed by atoms with Crippen molar-refractivity contribution in [3.8, 4) is 0 Å². The summed E-state index contributed by atoms with van der Waals surface area (Å²) < 4.78 is 17.5. The van der Waals surface area contributed by atoms with Crippen LogP contribution in [0.15, 0.2) is 48.5 Å². The van der Waals surface area contributed by atoms with Gasteiger partial charge in [-0.25, -0.2) is 9.18 Å². The molecule has 2 heterocycles. The largest absolute Gasteiger partial charge is 0.337 e. The number of halogens is 1. The lowest BCUT2D eigenvalue weighted by molar-refractivity contribution is 0.101. The predicted molar refractivity (Wildman–Crippen MR) is 121 cm³/mol. The number of nitrogens with one attached hydrogen (secondary N) is 1. The van der Waals surface area contributed by atoms with Crippen LogP contribution in [0.5, 0.6) is 0 Å². The smallest absolute Gasteiger partial charge is 0.328 e. The predicted octanol–water partition coefficient (Wildman–Crippen LogP) is 5.41. The average molecular weight is 420 g/mol. The van der Waals surface area contributed by atoms with Gasteiger partial charge in [0.2, 0.25) is 0 Å². The Balaban J connectivity index is 1.95. The van der Waals surface area contributed by atoms with Crippen LogP contribution >= 0.6 is 0 Å². The summed E-state index contributed by atoms with van der Waals surface area (Å²) in [4.78, 5) is 27.8. The first-order valence-corrected chi connectivity index (χ1v) is 10.1. The van der Waals surface area contributed by atoms with Gasteiger partial charge in [0.05, 0.1) is 16.6 Å². The van der Waals surface area contributed by atoms with Crippen LogP contribution in [0.4, 0.5) is 14.9 Å². The molecule has 160 valence electrons. The Hall–Kier alpha value is -3.61. The quantitative estimate of drug-likeness (QED) is 0.482. The van der Waals surface area contributed by atoms with E-state index in [1.807, 2.05) is 24.3 Å². The molecule has 0 aliphatic heterocycles. The molecule has 0 unspecified atom stereocenters. The molecule has 0 radical (unpaired) electrons. The molecule has 4 rings (SSSR count). The second-order valence-electron chi connectivity index (χ2n) is 8.17. The minimum absolute atomic E-state index is 0.120.